The van der Waals surface area contributed by atoms with E-state index in [0.29, 0.717) is 5.56 Å². The Morgan fingerprint density at radius 3 is 2.27 bits per heavy atom. The molecule has 0 bridgehead atoms. The van der Waals surface area contributed by atoms with Gasteiger partial charge in [-0.1, -0.05) is 30.3 Å². The van der Waals surface area contributed by atoms with Crippen LogP contribution < -0.4 is 11.5 Å². The predicted octanol–water partition coefficient (Wildman–Crippen LogP) is 3.13. The fourth-order valence-corrected chi connectivity index (χ4v) is 3.25. The molecule has 2 aromatic carbocycles. The SMILES string of the molecule is N#Cc1ccccc1-c1ccc(S)cc1.NCCN1CCC(CN)CC1. The lowest BCUT2D eigenvalue weighted by molar-refractivity contribution is 0.192. The number of hydrogen-bond donors (Lipinski definition) is 3. The van der Waals surface area contributed by atoms with Gasteiger partial charge < -0.3 is 16.4 Å². The molecular formula is C21H28N4S. The Balaban J connectivity index is 0.000000197. The third kappa shape index (κ3) is 6.15. The average molecular weight is 369 g/mol. The summed E-state index contributed by atoms with van der Waals surface area (Å²) in [6, 6.07) is 17.6. The Morgan fingerprint density at radius 1 is 1.04 bits per heavy atom. The van der Waals surface area contributed by atoms with Crippen molar-refractivity contribution < 1.29 is 0 Å². The maximum absolute atomic E-state index is 8.97. The first-order valence-electron chi connectivity index (χ1n) is 9.09. The summed E-state index contributed by atoms with van der Waals surface area (Å²) >= 11 is 4.23. The maximum atomic E-state index is 8.97. The van der Waals surface area contributed by atoms with Crippen LogP contribution in [0.15, 0.2) is 53.4 Å². The third-order valence-electron chi connectivity index (χ3n) is 4.71. The van der Waals surface area contributed by atoms with Crippen LogP contribution >= 0.6 is 12.6 Å². The minimum absolute atomic E-state index is 0.699. The molecular weight excluding hydrogens is 340 g/mol. The lowest BCUT2D eigenvalue weighted by Crippen LogP contribution is -2.38. The molecule has 2 aromatic rings. The van der Waals surface area contributed by atoms with Crippen LogP contribution in [0.25, 0.3) is 11.1 Å². The summed E-state index contributed by atoms with van der Waals surface area (Å²) in [4.78, 5) is 3.35. The molecule has 1 aliphatic rings. The largest absolute Gasteiger partial charge is 0.330 e. The number of likely N-dealkylation sites (tertiary alicyclic amines) is 1. The van der Waals surface area contributed by atoms with Crippen molar-refractivity contribution >= 4 is 12.6 Å². The smallest absolute Gasteiger partial charge is 0.0998 e. The molecule has 1 saturated heterocycles. The molecule has 1 heterocycles. The fraction of sp³-hybridized carbons (Fsp3) is 0.381. The molecule has 1 aliphatic heterocycles. The Bertz CT molecular complexity index is 701. The second-order valence-electron chi connectivity index (χ2n) is 6.51. The lowest BCUT2D eigenvalue weighted by atomic mass is 9.97. The fourth-order valence-electron chi connectivity index (χ4n) is 3.10. The quantitative estimate of drug-likeness (QED) is 0.725. The molecule has 0 amide bonds. The van der Waals surface area contributed by atoms with E-state index in [1.807, 2.05) is 48.5 Å². The van der Waals surface area contributed by atoms with Crippen LogP contribution in [0.1, 0.15) is 18.4 Å². The molecule has 5 heteroatoms. The first-order valence-corrected chi connectivity index (χ1v) is 9.53. The van der Waals surface area contributed by atoms with Crippen molar-refractivity contribution in [3.63, 3.8) is 0 Å². The van der Waals surface area contributed by atoms with Crippen molar-refractivity contribution in [3.8, 4) is 17.2 Å². The van der Waals surface area contributed by atoms with Gasteiger partial charge in [0.1, 0.15) is 0 Å². The molecule has 1 fully saturated rings. The van der Waals surface area contributed by atoms with Crippen LogP contribution in [-0.2, 0) is 0 Å². The van der Waals surface area contributed by atoms with E-state index in [1.54, 1.807) is 0 Å². The van der Waals surface area contributed by atoms with Gasteiger partial charge in [0, 0.05) is 18.0 Å². The molecule has 4 nitrogen and oxygen atoms in total. The number of nitriles is 1. The summed E-state index contributed by atoms with van der Waals surface area (Å²) in [5.74, 6) is 0.768. The molecule has 0 unspecified atom stereocenters. The van der Waals surface area contributed by atoms with Crippen LogP contribution in [-0.4, -0.2) is 37.6 Å². The van der Waals surface area contributed by atoms with Crippen molar-refractivity contribution in [1.82, 2.24) is 4.90 Å². The monoisotopic (exact) mass is 368 g/mol. The third-order valence-corrected chi connectivity index (χ3v) is 5.01. The highest BCUT2D eigenvalue weighted by Gasteiger charge is 2.16. The molecule has 0 aliphatic carbocycles. The summed E-state index contributed by atoms with van der Waals surface area (Å²) in [5.41, 5.74) is 13.8. The van der Waals surface area contributed by atoms with Gasteiger partial charge in [0.05, 0.1) is 11.6 Å². The van der Waals surface area contributed by atoms with Gasteiger partial charge in [0.15, 0.2) is 0 Å². The first kappa shape index (κ1) is 20.5. The minimum Gasteiger partial charge on any atom is -0.330 e. The van der Waals surface area contributed by atoms with E-state index in [4.69, 9.17) is 16.7 Å². The van der Waals surface area contributed by atoms with E-state index in [-0.39, 0.29) is 0 Å². The molecule has 0 aromatic heterocycles. The normalized spacial score (nSPS) is 15.0. The summed E-state index contributed by atoms with van der Waals surface area (Å²) in [7, 11) is 0. The molecule has 138 valence electrons. The second kappa shape index (κ2) is 11.0. The number of benzene rings is 2. The van der Waals surface area contributed by atoms with E-state index in [0.717, 1.165) is 41.6 Å². The van der Waals surface area contributed by atoms with Crippen molar-refractivity contribution in [2.75, 3.05) is 32.7 Å². The van der Waals surface area contributed by atoms with E-state index in [2.05, 4.69) is 23.6 Å². The van der Waals surface area contributed by atoms with E-state index >= 15 is 0 Å². The van der Waals surface area contributed by atoms with E-state index in [9.17, 15) is 0 Å². The average Bonchev–Trinajstić information content (AvgIpc) is 2.70. The van der Waals surface area contributed by atoms with Gasteiger partial charge in [-0.2, -0.15) is 5.26 Å². The van der Waals surface area contributed by atoms with Gasteiger partial charge in [-0.15, -0.1) is 12.6 Å². The zero-order chi connectivity index (χ0) is 18.8. The van der Waals surface area contributed by atoms with E-state index in [1.165, 1.54) is 25.9 Å². The number of piperidine rings is 1. The minimum atomic E-state index is 0.699. The maximum Gasteiger partial charge on any atom is 0.0998 e. The van der Waals surface area contributed by atoms with Crippen molar-refractivity contribution in [2.24, 2.45) is 17.4 Å². The molecule has 3 rings (SSSR count). The Kier molecular flexibility index (Phi) is 8.66. The number of nitrogens with two attached hydrogens (primary N) is 2. The standard InChI is InChI=1S/C13H9NS.C8H19N3/c14-9-11-3-1-2-4-13(11)10-5-7-12(15)8-6-10;9-3-6-11-4-1-8(7-10)2-5-11/h1-8,15H;8H,1-7,9-10H2. The summed E-state index contributed by atoms with van der Waals surface area (Å²) < 4.78 is 0. The second-order valence-corrected chi connectivity index (χ2v) is 7.03. The van der Waals surface area contributed by atoms with Gasteiger partial charge in [-0.05, 0) is 67.7 Å². The van der Waals surface area contributed by atoms with Gasteiger partial charge in [0.2, 0.25) is 0 Å². The molecule has 26 heavy (non-hydrogen) atoms. The van der Waals surface area contributed by atoms with Crippen LogP contribution in [0.3, 0.4) is 0 Å². The van der Waals surface area contributed by atoms with Crippen molar-refractivity contribution in [1.29, 1.82) is 5.26 Å². The number of thiol groups is 1. The molecule has 4 N–H and O–H groups in total. The highest BCUT2D eigenvalue weighted by atomic mass is 32.1. The highest BCUT2D eigenvalue weighted by molar-refractivity contribution is 7.80. The first-order chi connectivity index (χ1) is 12.7. The van der Waals surface area contributed by atoms with Gasteiger partial charge in [-0.3, -0.25) is 0 Å². The van der Waals surface area contributed by atoms with Crippen molar-refractivity contribution in [3.05, 3.63) is 54.1 Å². The van der Waals surface area contributed by atoms with E-state index < -0.39 is 0 Å². The number of rotatable bonds is 4. The zero-order valence-electron chi connectivity index (χ0n) is 15.1. The van der Waals surface area contributed by atoms with Gasteiger partial charge >= 0.3 is 0 Å². The number of nitrogens with zero attached hydrogens (tertiary/aromatic N) is 2. The summed E-state index contributed by atoms with van der Waals surface area (Å²) in [6.45, 7) is 5.08. The van der Waals surface area contributed by atoms with Gasteiger partial charge in [-0.25, -0.2) is 0 Å². The molecule has 0 spiro atoms. The van der Waals surface area contributed by atoms with Crippen molar-refractivity contribution in [2.45, 2.75) is 17.7 Å². The Morgan fingerprint density at radius 2 is 1.69 bits per heavy atom. The Hall–Kier alpha value is -1.84. The predicted molar refractivity (Wildman–Crippen MR) is 111 cm³/mol. The topological polar surface area (TPSA) is 79.1 Å². The summed E-state index contributed by atoms with van der Waals surface area (Å²) in [6.07, 6.45) is 2.52. The Labute approximate surface area is 162 Å². The van der Waals surface area contributed by atoms with Crippen LogP contribution in [0.5, 0.6) is 0 Å². The lowest BCUT2D eigenvalue weighted by Gasteiger charge is -2.30. The number of hydrogen-bond acceptors (Lipinski definition) is 5. The van der Waals surface area contributed by atoms with Gasteiger partial charge in [0.25, 0.3) is 0 Å². The van der Waals surface area contributed by atoms with Crippen LogP contribution in [0.2, 0.25) is 0 Å². The molecule has 0 atom stereocenters. The van der Waals surface area contributed by atoms with Crippen LogP contribution in [0.4, 0.5) is 0 Å². The molecule has 0 saturated carbocycles. The highest BCUT2D eigenvalue weighted by Crippen LogP contribution is 2.24. The zero-order valence-corrected chi connectivity index (χ0v) is 16.0. The van der Waals surface area contributed by atoms with Crippen LogP contribution in [0, 0.1) is 17.2 Å². The molecule has 0 radical (unpaired) electrons. The summed E-state index contributed by atoms with van der Waals surface area (Å²) in [5, 5.41) is 8.97.